The first-order valence-electron chi connectivity index (χ1n) is 11.3. The van der Waals surface area contributed by atoms with Gasteiger partial charge in [0.15, 0.2) is 5.96 Å². The lowest BCUT2D eigenvalue weighted by atomic mass is 10.1. The Bertz CT molecular complexity index is 430. The Hall–Kier alpha value is -0.850. The number of likely N-dealkylation sites (N-methyl/N-ethyl adjacent to an activating group) is 1. The molecule has 0 amide bonds. The van der Waals surface area contributed by atoms with Gasteiger partial charge in [-0.2, -0.15) is 0 Å². The van der Waals surface area contributed by atoms with Crippen LogP contribution in [0.3, 0.4) is 0 Å². The summed E-state index contributed by atoms with van der Waals surface area (Å²) in [6.07, 6.45) is 2.42. The van der Waals surface area contributed by atoms with Crippen molar-refractivity contribution in [3.05, 3.63) is 0 Å². The Kier molecular flexibility index (Phi) is 9.87. The zero-order valence-electron chi connectivity index (χ0n) is 18.5. The van der Waals surface area contributed by atoms with Gasteiger partial charge in [0.05, 0.1) is 0 Å². The second kappa shape index (κ2) is 11.9. The van der Waals surface area contributed by atoms with E-state index < -0.39 is 0 Å². The molecule has 2 aliphatic heterocycles. The first-order valence-corrected chi connectivity index (χ1v) is 11.3. The molecular weight excluding hydrogens is 336 g/mol. The number of aliphatic imine (C=N–C) groups is 1. The molecule has 158 valence electrons. The van der Waals surface area contributed by atoms with Gasteiger partial charge in [-0.15, -0.1) is 0 Å². The fourth-order valence-corrected chi connectivity index (χ4v) is 4.08. The molecule has 27 heavy (non-hydrogen) atoms. The van der Waals surface area contributed by atoms with Crippen molar-refractivity contribution in [2.24, 2.45) is 10.9 Å². The average molecular weight is 381 g/mol. The van der Waals surface area contributed by atoms with E-state index in [1.807, 2.05) is 0 Å². The van der Waals surface area contributed by atoms with Crippen LogP contribution in [0.2, 0.25) is 0 Å². The fourth-order valence-electron chi connectivity index (χ4n) is 4.08. The molecule has 0 radical (unpaired) electrons. The molecule has 0 bridgehead atoms. The van der Waals surface area contributed by atoms with Crippen molar-refractivity contribution in [3.8, 4) is 0 Å². The molecule has 2 heterocycles. The van der Waals surface area contributed by atoms with Crippen LogP contribution in [0.15, 0.2) is 4.99 Å². The number of hydrogen-bond donors (Lipinski definition) is 2. The smallest absolute Gasteiger partial charge is 0.191 e. The number of likely N-dealkylation sites (tertiary alicyclic amines) is 1. The first-order chi connectivity index (χ1) is 13.0. The SMILES string of the molecule is CCNC(=NCCCCN1CCN(CC)CC1)NC1CN(C(C)C)CC1C. The standard InChI is InChI=1S/C21H44N6/c1-6-22-21(24-20-17-27(18(3)4)16-19(20)5)23-10-8-9-11-26-14-12-25(7-2)13-15-26/h18-20H,6-17H2,1-5H3,(H2,22,23,24). The molecule has 2 N–H and O–H groups in total. The van der Waals surface area contributed by atoms with Crippen LogP contribution in [0.1, 0.15) is 47.5 Å². The molecule has 6 nitrogen and oxygen atoms in total. The van der Waals surface area contributed by atoms with E-state index in [2.05, 4.69) is 60.0 Å². The van der Waals surface area contributed by atoms with Crippen molar-refractivity contribution in [1.82, 2.24) is 25.3 Å². The van der Waals surface area contributed by atoms with E-state index in [0.29, 0.717) is 18.0 Å². The van der Waals surface area contributed by atoms with Crippen LogP contribution in [0.5, 0.6) is 0 Å². The first kappa shape index (κ1) is 22.4. The predicted octanol–water partition coefficient (Wildman–Crippen LogP) is 1.69. The minimum absolute atomic E-state index is 0.500. The second-order valence-corrected chi connectivity index (χ2v) is 8.52. The van der Waals surface area contributed by atoms with Gasteiger partial charge in [0, 0.05) is 64.4 Å². The van der Waals surface area contributed by atoms with Crippen LogP contribution in [-0.2, 0) is 0 Å². The molecule has 6 heteroatoms. The van der Waals surface area contributed by atoms with Gasteiger partial charge < -0.3 is 20.4 Å². The third kappa shape index (κ3) is 7.59. The zero-order valence-corrected chi connectivity index (χ0v) is 18.5. The van der Waals surface area contributed by atoms with E-state index >= 15 is 0 Å². The number of rotatable bonds is 9. The molecule has 0 aromatic rings. The van der Waals surface area contributed by atoms with Crippen molar-refractivity contribution in [2.45, 2.75) is 59.5 Å². The summed E-state index contributed by atoms with van der Waals surface area (Å²) in [5.74, 6) is 1.66. The summed E-state index contributed by atoms with van der Waals surface area (Å²) < 4.78 is 0. The monoisotopic (exact) mass is 380 g/mol. The molecule has 0 aromatic heterocycles. The van der Waals surface area contributed by atoms with Gasteiger partial charge in [0.2, 0.25) is 0 Å². The molecule has 2 saturated heterocycles. The number of hydrogen-bond acceptors (Lipinski definition) is 4. The molecule has 0 aromatic carbocycles. The lowest BCUT2D eigenvalue weighted by Crippen LogP contribution is -2.47. The maximum atomic E-state index is 4.84. The molecule has 0 spiro atoms. The third-order valence-electron chi connectivity index (χ3n) is 6.10. The van der Waals surface area contributed by atoms with Gasteiger partial charge in [-0.1, -0.05) is 13.8 Å². The van der Waals surface area contributed by atoms with Crippen molar-refractivity contribution >= 4 is 5.96 Å². The second-order valence-electron chi connectivity index (χ2n) is 8.52. The van der Waals surface area contributed by atoms with Crippen LogP contribution in [-0.4, -0.2) is 98.2 Å². The molecule has 2 atom stereocenters. The van der Waals surface area contributed by atoms with Crippen molar-refractivity contribution in [2.75, 3.05) is 65.4 Å². The topological polar surface area (TPSA) is 46.1 Å². The maximum absolute atomic E-state index is 4.84. The third-order valence-corrected chi connectivity index (χ3v) is 6.10. The predicted molar refractivity (Wildman–Crippen MR) is 117 cm³/mol. The van der Waals surface area contributed by atoms with Gasteiger partial charge in [0.25, 0.3) is 0 Å². The molecule has 2 fully saturated rings. The molecule has 0 aliphatic carbocycles. The van der Waals surface area contributed by atoms with Crippen molar-refractivity contribution < 1.29 is 0 Å². The maximum Gasteiger partial charge on any atom is 0.191 e. The van der Waals surface area contributed by atoms with Gasteiger partial charge in [-0.3, -0.25) is 9.89 Å². The minimum atomic E-state index is 0.500. The fraction of sp³-hybridized carbons (Fsp3) is 0.952. The molecule has 2 aliphatic rings. The van der Waals surface area contributed by atoms with Crippen LogP contribution in [0, 0.1) is 5.92 Å². The van der Waals surface area contributed by atoms with Crippen LogP contribution < -0.4 is 10.6 Å². The van der Waals surface area contributed by atoms with Crippen LogP contribution in [0.4, 0.5) is 0 Å². The molecule has 0 saturated carbocycles. The summed E-state index contributed by atoms with van der Waals surface area (Å²) in [7, 11) is 0. The number of nitrogens with one attached hydrogen (secondary N) is 2. The van der Waals surface area contributed by atoms with E-state index in [-0.39, 0.29) is 0 Å². The van der Waals surface area contributed by atoms with E-state index in [1.165, 1.54) is 58.7 Å². The van der Waals surface area contributed by atoms with E-state index in [0.717, 1.165) is 25.6 Å². The summed E-state index contributed by atoms with van der Waals surface area (Å²) in [5.41, 5.74) is 0. The summed E-state index contributed by atoms with van der Waals surface area (Å²) in [6, 6.07) is 1.12. The molecule has 2 unspecified atom stereocenters. The van der Waals surface area contributed by atoms with Gasteiger partial charge in [0.1, 0.15) is 0 Å². The van der Waals surface area contributed by atoms with Gasteiger partial charge in [-0.05, 0) is 52.6 Å². The summed E-state index contributed by atoms with van der Waals surface area (Å²) >= 11 is 0. The van der Waals surface area contributed by atoms with Gasteiger partial charge >= 0.3 is 0 Å². The van der Waals surface area contributed by atoms with Crippen molar-refractivity contribution in [1.29, 1.82) is 0 Å². The van der Waals surface area contributed by atoms with Crippen LogP contribution >= 0.6 is 0 Å². The highest BCUT2D eigenvalue weighted by Crippen LogP contribution is 2.18. The van der Waals surface area contributed by atoms with Crippen LogP contribution in [0.25, 0.3) is 0 Å². The number of guanidine groups is 1. The summed E-state index contributed by atoms with van der Waals surface area (Å²) in [6.45, 7) is 22.8. The summed E-state index contributed by atoms with van der Waals surface area (Å²) in [4.78, 5) is 12.6. The Balaban J connectivity index is 1.67. The number of nitrogens with zero attached hydrogens (tertiary/aromatic N) is 4. The Morgan fingerprint density at radius 3 is 2.33 bits per heavy atom. The molecule has 2 rings (SSSR count). The molecular formula is C21H44N6. The Morgan fingerprint density at radius 2 is 1.74 bits per heavy atom. The van der Waals surface area contributed by atoms with Gasteiger partial charge in [-0.25, -0.2) is 0 Å². The summed E-state index contributed by atoms with van der Waals surface area (Å²) in [5, 5.41) is 7.11. The quantitative estimate of drug-likeness (QED) is 0.362. The Labute approximate surface area is 167 Å². The largest absolute Gasteiger partial charge is 0.357 e. The number of piperazine rings is 1. The average Bonchev–Trinajstić information content (AvgIpc) is 3.03. The zero-order chi connectivity index (χ0) is 19.6. The Morgan fingerprint density at radius 1 is 1.04 bits per heavy atom. The van der Waals surface area contributed by atoms with E-state index in [4.69, 9.17) is 4.99 Å². The van der Waals surface area contributed by atoms with E-state index in [9.17, 15) is 0 Å². The highest BCUT2D eigenvalue weighted by atomic mass is 15.3. The van der Waals surface area contributed by atoms with Crippen molar-refractivity contribution in [3.63, 3.8) is 0 Å². The normalized spacial score (nSPS) is 26.1. The highest BCUT2D eigenvalue weighted by molar-refractivity contribution is 5.80. The minimum Gasteiger partial charge on any atom is -0.357 e. The highest BCUT2D eigenvalue weighted by Gasteiger charge is 2.31. The lowest BCUT2D eigenvalue weighted by molar-refractivity contribution is 0.136. The van der Waals surface area contributed by atoms with E-state index in [1.54, 1.807) is 0 Å². The number of unbranched alkanes of at least 4 members (excludes halogenated alkanes) is 1. The lowest BCUT2D eigenvalue weighted by Gasteiger charge is -2.33.